The topological polar surface area (TPSA) is 94.7 Å². The highest BCUT2D eigenvalue weighted by atomic mass is 35.5. The molecule has 4 aliphatic heterocycles. The SMILES string of the molecule is O=C(N[C@@H]1CCNC1)C1=C2NC(=O)N(c3ccc(Oc4ccccc4)c(Cl)c3)C3CCNC(S1)C23. The molecular formula is C25H26ClN5O3S. The van der Waals surface area contributed by atoms with Crippen LogP contribution >= 0.6 is 23.4 Å². The summed E-state index contributed by atoms with van der Waals surface area (Å²) in [5, 5.41) is 13.4. The molecule has 6 rings (SSSR count). The molecule has 2 aromatic carbocycles. The number of ether oxygens (including phenoxy) is 1. The van der Waals surface area contributed by atoms with Crippen molar-refractivity contribution in [1.29, 1.82) is 0 Å². The maximum Gasteiger partial charge on any atom is 0.326 e. The third-order valence-electron chi connectivity index (χ3n) is 6.91. The van der Waals surface area contributed by atoms with Gasteiger partial charge in [-0.05, 0) is 56.3 Å². The fourth-order valence-electron chi connectivity index (χ4n) is 5.29. The average molecular weight is 512 g/mol. The van der Waals surface area contributed by atoms with Crippen LogP contribution in [0.5, 0.6) is 11.5 Å². The molecule has 2 aromatic rings. The number of hydrogen-bond acceptors (Lipinski definition) is 6. The van der Waals surface area contributed by atoms with Crippen molar-refractivity contribution in [3.05, 3.63) is 64.2 Å². The number of piperidine rings is 1. The van der Waals surface area contributed by atoms with Crippen molar-refractivity contribution in [1.82, 2.24) is 21.3 Å². The van der Waals surface area contributed by atoms with E-state index in [1.54, 1.807) is 17.0 Å². The Kier molecular flexibility index (Phi) is 6.09. The van der Waals surface area contributed by atoms with Gasteiger partial charge in [0.1, 0.15) is 11.5 Å². The van der Waals surface area contributed by atoms with Crippen LogP contribution < -0.4 is 30.9 Å². The first-order valence-electron chi connectivity index (χ1n) is 11.9. The van der Waals surface area contributed by atoms with Crippen molar-refractivity contribution in [3.8, 4) is 11.5 Å². The molecule has 4 N–H and O–H groups in total. The molecule has 4 atom stereocenters. The van der Waals surface area contributed by atoms with Crippen LogP contribution in [-0.4, -0.2) is 49.0 Å². The van der Waals surface area contributed by atoms with Crippen LogP contribution in [0.25, 0.3) is 0 Å². The molecule has 182 valence electrons. The minimum Gasteiger partial charge on any atom is -0.456 e. The number of nitrogens with zero attached hydrogens (tertiary/aromatic N) is 1. The van der Waals surface area contributed by atoms with Gasteiger partial charge >= 0.3 is 6.03 Å². The van der Waals surface area contributed by atoms with Crippen molar-refractivity contribution in [3.63, 3.8) is 0 Å². The zero-order valence-corrected chi connectivity index (χ0v) is 20.5. The summed E-state index contributed by atoms with van der Waals surface area (Å²) >= 11 is 8.09. The van der Waals surface area contributed by atoms with Crippen molar-refractivity contribution in [2.45, 2.75) is 30.3 Å². The van der Waals surface area contributed by atoms with Crippen molar-refractivity contribution in [2.24, 2.45) is 5.92 Å². The van der Waals surface area contributed by atoms with Crippen LogP contribution in [0.4, 0.5) is 10.5 Å². The number of anilines is 1. The highest BCUT2D eigenvalue weighted by molar-refractivity contribution is 8.04. The number of thioether (sulfide) groups is 1. The average Bonchev–Trinajstić information content (AvgIpc) is 3.50. The Hall–Kier alpha value is -2.72. The predicted molar refractivity (Wildman–Crippen MR) is 137 cm³/mol. The first-order valence-corrected chi connectivity index (χ1v) is 13.1. The highest BCUT2D eigenvalue weighted by Crippen LogP contribution is 2.48. The third kappa shape index (κ3) is 4.27. The molecule has 8 nitrogen and oxygen atoms in total. The fourth-order valence-corrected chi connectivity index (χ4v) is 6.90. The zero-order valence-electron chi connectivity index (χ0n) is 18.9. The summed E-state index contributed by atoms with van der Waals surface area (Å²) in [7, 11) is 0. The van der Waals surface area contributed by atoms with Gasteiger partial charge in [0.25, 0.3) is 5.91 Å². The largest absolute Gasteiger partial charge is 0.456 e. The van der Waals surface area contributed by atoms with Gasteiger partial charge in [0.05, 0.1) is 21.3 Å². The zero-order chi connectivity index (χ0) is 23.9. The van der Waals surface area contributed by atoms with E-state index in [9.17, 15) is 9.59 Å². The number of para-hydroxylation sites is 1. The van der Waals surface area contributed by atoms with Crippen LogP contribution in [0.3, 0.4) is 0 Å². The van der Waals surface area contributed by atoms with E-state index in [4.69, 9.17) is 16.3 Å². The van der Waals surface area contributed by atoms with E-state index in [1.165, 1.54) is 11.8 Å². The monoisotopic (exact) mass is 511 g/mol. The molecule has 3 unspecified atom stereocenters. The molecule has 3 saturated heterocycles. The van der Waals surface area contributed by atoms with E-state index >= 15 is 0 Å². The molecule has 3 fully saturated rings. The van der Waals surface area contributed by atoms with E-state index in [2.05, 4.69) is 21.3 Å². The lowest BCUT2D eigenvalue weighted by atomic mass is 9.86. The van der Waals surface area contributed by atoms with Gasteiger partial charge in [-0.1, -0.05) is 41.6 Å². The molecule has 3 amide bonds. The Morgan fingerprint density at radius 1 is 1.14 bits per heavy atom. The van der Waals surface area contributed by atoms with Crippen LogP contribution in [0.1, 0.15) is 12.8 Å². The molecule has 4 heterocycles. The molecular weight excluding hydrogens is 486 g/mol. The smallest absolute Gasteiger partial charge is 0.326 e. The number of halogens is 1. The van der Waals surface area contributed by atoms with Gasteiger partial charge in [-0.2, -0.15) is 0 Å². The molecule has 0 saturated carbocycles. The Balaban J connectivity index is 1.26. The number of urea groups is 1. The molecule has 0 aromatic heterocycles. The molecule has 35 heavy (non-hydrogen) atoms. The minimum atomic E-state index is -0.245. The Labute approximate surface area is 212 Å². The second-order valence-electron chi connectivity index (χ2n) is 9.11. The van der Waals surface area contributed by atoms with Gasteiger partial charge in [0.2, 0.25) is 0 Å². The number of carbonyl (C=O) groups excluding carboxylic acids is 2. The maximum atomic E-state index is 13.4. The first-order chi connectivity index (χ1) is 17.1. The fraction of sp³-hybridized carbons (Fsp3) is 0.360. The number of benzene rings is 2. The Morgan fingerprint density at radius 3 is 2.77 bits per heavy atom. The standard InChI is InChI=1S/C25H26ClN5O3S/c26-17-12-15(6-7-19(17)34-16-4-2-1-3-5-16)31-18-9-11-28-24-20(18)21(30-25(31)33)22(35-24)23(32)29-14-8-10-27-13-14/h1-7,12,14,18,20,24,27-28H,8-11,13H2,(H,29,32)(H,30,33)/t14-,18?,20?,24?/m1/s1. The van der Waals surface area contributed by atoms with E-state index in [1.807, 2.05) is 36.4 Å². The lowest BCUT2D eigenvalue weighted by Gasteiger charge is -2.45. The van der Waals surface area contributed by atoms with Gasteiger partial charge in [-0.3, -0.25) is 9.69 Å². The van der Waals surface area contributed by atoms with Crippen LogP contribution in [0, 0.1) is 5.92 Å². The normalized spacial score (nSPS) is 27.5. The van der Waals surface area contributed by atoms with Gasteiger partial charge in [0, 0.05) is 29.9 Å². The molecule has 0 radical (unpaired) electrons. The van der Waals surface area contributed by atoms with Crippen LogP contribution in [0.2, 0.25) is 5.02 Å². The van der Waals surface area contributed by atoms with Crippen molar-refractivity contribution in [2.75, 3.05) is 24.5 Å². The number of rotatable bonds is 5. The first kappa shape index (κ1) is 22.7. The molecule has 0 spiro atoms. The molecule has 4 aliphatic rings. The van der Waals surface area contributed by atoms with Crippen LogP contribution in [0.15, 0.2) is 59.1 Å². The molecule has 10 heteroatoms. The number of nitrogens with one attached hydrogen (secondary N) is 4. The van der Waals surface area contributed by atoms with E-state index < -0.39 is 0 Å². The number of carbonyl (C=O) groups is 2. The van der Waals surface area contributed by atoms with E-state index in [0.717, 1.165) is 38.2 Å². The van der Waals surface area contributed by atoms with E-state index in [-0.39, 0.29) is 35.3 Å². The summed E-state index contributed by atoms with van der Waals surface area (Å²) in [4.78, 5) is 28.9. The Morgan fingerprint density at radius 2 is 2.00 bits per heavy atom. The lowest BCUT2D eigenvalue weighted by molar-refractivity contribution is -0.117. The quantitative estimate of drug-likeness (QED) is 0.491. The molecule has 0 bridgehead atoms. The van der Waals surface area contributed by atoms with E-state index in [0.29, 0.717) is 27.1 Å². The van der Waals surface area contributed by atoms with Gasteiger partial charge in [-0.25, -0.2) is 4.79 Å². The second-order valence-corrected chi connectivity index (χ2v) is 10.7. The summed E-state index contributed by atoms with van der Waals surface area (Å²) in [6.07, 6.45) is 1.69. The third-order valence-corrected chi connectivity index (χ3v) is 8.56. The number of amides is 3. The second kappa shape index (κ2) is 9.39. The number of hydrogen-bond donors (Lipinski definition) is 4. The van der Waals surface area contributed by atoms with Crippen molar-refractivity contribution >= 4 is 41.0 Å². The van der Waals surface area contributed by atoms with Crippen molar-refractivity contribution < 1.29 is 14.3 Å². The Bertz CT molecular complexity index is 1190. The summed E-state index contributed by atoms with van der Waals surface area (Å²) in [5.74, 6) is 1.11. The van der Waals surface area contributed by atoms with Gasteiger partial charge in [-0.15, -0.1) is 0 Å². The maximum absolute atomic E-state index is 13.4. The molecule has 0 aliphatic carbocycles. The summed E-state index contributed by atoms with van der Waals surface area (Å²) in [6, 6.07) is 14.7. The summed E-state index contributed by atoms with van der Waals surface area (Å²) in [6.45, 7) is 2.44. The summed E-state index contributed by atoms with van der Waals surface area (Å²) in [5.41, 5.74) is 1.44. The lowest BCUT2D eigenvalue weighted by Crippen LogP contribution is -2.62. The van der Waals surface area contributed by atoms with Gasteiger partial charge in [0.15, 0.2) is 0 Å². The van der Waals surface area contributed by atoms with Gasteiger partial charge < -0.3 is 26.0 Å². The minimum absolute atomic E-state index is 0.00655. The van der Waals surface area contributed by atoms with Crippen LogP contribution in [-0.2, 0) is 4.79 Å². The highest BCUT2D eigenvalue weighted by Gasteiger charge is 2.51. The predicted octanol–water partition coefficient (Wildman–Crippen LogP) is 3.40. The summed E-state index contributed by atoms with van der Waals surface area (Å²) < 4.78 is 5.90.